The lowest BCUT2D eigenvalue weighted by Gasteiger charge is -2.15. The summed E-state index contributed by atoms with van der Waals surface area (Å²) in [6.07, 6.45) is 0. The van der Waals surface area contributed by atoms with Crippen molar-refractivity contribution in [3.63, 3.8) is 0 Å². The molecule has 1 atom stereocenters. The minimum Gasteiger partial charge on any atom is -0.306 e. The van der Waals surface area contributed by atoms with Gasteiger partial charge in [0.1, 0.15) is 0 Å². The first kappa shape index (κ1) is 15.0. The molecule has 0 aliphatic rings. The lowest BCUT2D eigenvalue weighted by Crippen LogP contribution is -2.18. The number of benzene rings is 2. The third-order valence-corrected chi connectivity index (χ3v) is 4.31. The smallest absolute Gasteiger partial charge is 0.0451 e. The molecule has 0 radical (unpaired) electrons. The summed E-state index contributed by atoms with van der Waals surface area (Å²) in [7, 11) is 0. The fraction of sp³-hybridized carbons (Fsp3) is 0.200. The second-order valence-corrected chi connectivity index (χ2v) is 6.63. The minimum absolute atomic E-state index is 0.271. The van der Waals surface area contributed by atoms with Gasteiger partial charge in [0.05, 0.1) is 0 Å². The van der Waals surface area contributed by atoms with E-state index >= 15 is 0 Å². The molecule has 0 spiro atoms. The van der Waals surface area contributed by atoms with Crippen LogP contribution in [0.5, 0.6) is 0 Å². The van der Waals surface area contributed by atoms with E-state index in [1.54, 1.807) is 0 Å². The first-order valence-corrected chi connectivity index (χ1v) is 7.95. The van der Waals surface area contributed by atoms with E-state index in [1.165, 1.54) is 5.56 Å². The van der Waals surface area contributed by atoms with E-state index in [0.717, 1.165) is 26.1 Å². The van der Waals surface area contributed by atoms with Gasteiger partial charge in [-0.05, 0) is 48.4 Å². The highest BCUT2D eigenvalue weighted by Gasteiger charge is 2.07. The predicted molar refractivity (Wildman–Crippen MR) is 88.5 cm³/mol. The maximum absolute atomic E-state index is 6.18. The molecule has 0 fully saturated rings. The third-order valence-electron chi connectivity index (χ3n) is 2.96. The molecule has 19 heavy (non-hydrogen) atoms. The Hall–Kier alpha value is -0.350. The molecular weight excluding hydrogens is 389 g/mol. The number of nitrogens with one attached hydrogen (secondary N) is 1. The van der Waals surface area contributed by atoms with Crippen molar-refractivity contribution in [2.75, 3.05) is 0 Å². The second kappa shape index (κ2) is 6.89. The molecular formula is C15H14Br2ClN. The Balaban J connectivity index is 2.04. The van der Waals surface area contributed by atoms with E-state index in [-0.39, 0.29) is 6.04 Å². The second-order valence-electron chi connectivity index (χ2n) is 4.39. The molecule has 0 aliphatic carbocycles. The van der Waals surface area contributed by atoms with Crippen LogP contribution in [-0.4, -0.2) is 0 Å². The Morgan fingerprint density at radius 2 is 1.84 bits per heavy atom. The molecule has 0 unspecified atom stereocenters. The van der Waals surface area contributed by atoms with Crippen molar-refractivity contribution >= 4 is 43.5 Å². The molecule has 2 aromatic carbocycles. The number of halogens is 3. The highest BCUT2D eigenvalue weighted by atomic mass is 79.9. The van der Waals surface area contributed by atoms with Gasteiger partial charge in [-0.2, -0.15) is 0 Å². The van der Waals surface area contributed by atoms with E-state index in [4.69, 9.17) is 11.6 Å². The van der Waals surface area contributed by atoms with Crippen LogP contribution in [-0.2, 0) is 6.54 Å². The van der Waals surface area contributed by atoms with Crippen LogP contribution in [0.4, 0.5) is 0 Å². The van der Waals surface area contributed by atoms with Gasteiger partial charge in [0, 0.05) is 26.6 Å². The van der Waals surface area contributed by atoms with Gasteiger partial charge in [-0.25, -0.2) is 0 Å². The molecule has 2 rings (SSSR count). The monoisotopic (exact) mass is 401 g/mol. The van der Waals surface area contributed by atoms with Crippen molar-refractivity contribution in [1.29, 1.82) is 0 Å². The van der Waals surface area contributed by atoms with E-state index in [0.29, 0.717) is 0 Å². The van der Waals surface area contributed by atoms with Gasteiger partial charge in [-0.3, -0.25) is 0 Å². The summed E-state index contributed by atoms with van der Waals surface area (Å²) in [5, 5.41) is 4.27. The topological polar surface area (TPSA) is 12.0 Å². The largest absolute Gasteiger partial charge is 0.306 e. The summed E-state index contributed by atoms with van der Waals surface area (Å²) in [5.74, 6) is 0. The van der Waals surface area contributed by atoms with Crippen molar-refractivity contribution < 1.29 is 0 Å². The Labute approximate surface area is 135 Å². The van der Waals surface area contributed by atoms with Crippen molar-refractivity contribution in [2.24, 2.45) is 0 Å². The first-order valence-electron chi connectivity index (χ1n) is 5.99. The van der Waals surface area contributed by atoms with E-state index in [2.05, 4.69) is 56.2 Å². The molecule has 0 amide bonds. The van der Waals surface area contributed by atoms with Gasteiger partial charge in [-0.15, -0.1) is 0 Å². The minimum atomic E-state index is 0.271. The Bertz CT molecular complexity index is 572. The lowest BCUT2D eigenvalue weighted by molar-refractivity contribution is 0.574. The average Bonchev–Trinajstić information content (AvgIpc) is 2.39. The quantitative estimate of drug-likeness (QED) is 0.689. The molecule has 4 heteroatoms. The van der Waals surface area contributed by atoms with E-state index < -0.39 is 0 Å². The molecule has 1 nitrogen and oxygen atoms in total. The number of hydrogen-bond donors (Lipinski definition) is 1. The van der Waals surface area contributed by atoms with E-state index in [1.807, 2.05) is 30.3 Å². The number of rotatable bonds is 4. The third kappa shape index (κ3) is 4.32. The van der Waals surface area contributed by atoms with Crippen molar-refractivity contribution in [3.05, 3.63) is 67.6 Å². The highest BCUT2D eigenvalue weighted by Crippen LogP contribution is 2.22. The fourth-order valence-electron chi connectivity index (χ4n) is 1.84. The van der Waals surface area contributed by atoms with Crippen LogP contribution < -0.4 is 5.32 Å². The maximum Gasteiger partial charge on any atom is 0.0451 e. The zero-order valence-corrected chi connectivity index (χ0v) is 14.4. The molecule has 0 aliphatic heterocycles. The van der Waals surface area contributed by atoms with Gasteiger partial charge in [-0.1, -0.05) is 55.6 Å². The number of hydrogen-bond acceptors (Lipinski definition) is 1. The van der Waals surface area contributed by atoms with Gasteiger partial charge < -0.3 is 5.32 Å². The normalized spacial score (nSPS) is 12.4. The van der Waals surface area contributed by atoms with Crippen LogP contribution in [0.3, 0.4) is 0 Å². The summed E-state index contributed by atoms with van der Waals surface area (Å²) in [5.41, 5.74) is 2.35. The van der Waals surface area contributed by atoms with E-state index in [9.17, 15) is 0 Å². The van der Waals surface area contributed by atoms with Crippen LogP contribution >= 0.6 is 43.5 Å². The van der Waals surface area contributed by atoms with Crippen molar-refractivity contribution in [1.82, 2.24) is 5.32 Å². The zero-order valence-electron chi connectivity index (χ0n) is 10.5. The molecule has 0 heterocycles. The summed E-state index contributed by atoms with van der Waals surface area (Å²) < 4.78 is 2.14. The SMILES string of the molecule is C[C@@H](NCc1cc(Br)ccc1Cl)c1cccc(Br)c1. The van der Waals surface area contributed by atoms with Crippen LogP contribution in [0.1, 0.15) is 24.1 Å². The maximum atomic E-state index is 6.18. The lowest BCUT2D eigenvalue weighted by atomic mass is 10.1. The Morgan fingerprint density at radius 3 is 2.58 bits per heavy atom. The van der Waals surface area contributed by atoms with Crippen molar-refractivity contribution in [3.8, 4) is 0 Å². The first-order chi connectivity index (χ1) is 9.06. The summed E-state index contributed by atoms with van der Waals surface area (Å²) >= 11 is 13.1. The van der Waals surface area contributed by atoms with Gasteiger partial charge in [0.25, 0.3) is 0 Å². The van der Waals surface area contributed by atoms with Crippen LogP contribution in [0.2, 0.25) is 5.02 Å². The predicted octanol–water partition coefficient (Wildman–Crippen LogP) is 5.72. The Kier molecular flexibility index (Phi) is 5.46. The van der Waals surface area contributed by atoms with Crippen LogP contribution in [0.15, 0.2) is 51.4 Å². The average molecular weight is 404 g/mol. The molecule has 0 saturated heterocycles. The summed E-state index contributed by atoms with van der Waals surface area (Å²) in [6.45, 7) is 2.89. The fourth-order valence-corrected chi connectivity index (χ4v) is 2.85. The van der Waals surface area contributed by atoms with Crippen LogP contribution in [0, 0.1) is 0 Å². The van der Waals surface area contributed by atoms with Gasteiger partial charge in [0.2, 0.25) is 0 Å². The van der Waals surface area contributed by atoms with Gasteiger partial charge in [0.15, 0.2) is 0 Å². The van der Waals surface area contributed by atoms with Crippen molar-refractivity contribution in [2.45, 2.75) is 19.5 Å². The Morgan fingerprint density at radius 1 is 1.11 bits per heavy atom. The molecule has 1 N–H and O–H groups in total. The highest BCUT2D eigenvalue weighted by molar-refractivity contribution is 9.10. The van der Waals surface area contributed by atoms with Crippen LogP contribution in [0.25, 0.3) is 0 Å². The molecule has 0 aromatic heterocycles. The molecule has 0 bridgehead atoms. The van der Waals surface area contributed by atoms with Gasteiger partial charge >= 0.3 is 0 Å². The zero-order chi connectivity index (χ0) is 13.8. The summed E-state index contributed by atoms with van der Waals surface area (Å²) in [4.78, 5) is 0. The summed E-state index contributed by atoms with van der Waals surface area (Å²) in [6, 6.07) is 14.5. The molecule has 0 saturated carbocycles. The standard InChI is InChI=1S/C15H14Br2ClN/c1-10(11-3-2-4-13(16)7-11)19-9-12-8-14(17)5-6-15(12)18/h2-8,10,19H,9H2,1H3/t10-/m1/s1. The molecule has 2 aromatic rings. The molecule has 100 valence electrons.